The Bertz CT molecular complexity index is 942. The Kier molecular flexibility index (Phi) is 5.92. The van der Waals surface area contributed by atoms with Gasteiger partial charge in [0.1, 0.15) is 6.07 Å². The van der Waals surface area contributed by atoms with Gasteiger partial charge in [0.25, 0.3) is 5.72 Å². The fourth-order valence-electron chi connectivity index (χ4n) is 4.86. The van der Waals surface area contributed by atoms with Crippen molar-refractivity contribution in [2.24, 2.45) is 11.3 Å². The van der Waals surface area contributed by atoms with Gasteiger partial charge >= 0.3 is 12.2 Å². The van der Waals surface area contributed by atoms with Crippen molar-refractivity contribution < 1.29 is 22.4 Å². The predicted octanol–water partition coefficient (Wildman–Crippen LogP) is 5.72. The summed E-state index contributed by atoms with van der Waals surface area (Å²) in [7, 11) is -1.89. The first-order chi connectivity index (χ1) is 14.2. The van der Waals surface area contributed by atoms with Gasteiger partial charge in [-0.15, -0.1) is 0 Å². The van der Waals surface area contributed by atoms with E-state index in [9.17, 15) is 10.1 Å². The molecule has 3 rings (SSSR count). The van der Waals surface area contributed by atoms with Crippen LogP contribution in [0.3, 0.4) is 0 Å². The van der Waals surface area contributed by atoms with E-state index in [1.54, 1.807) is 13.1 Å². The molecule has 5 nitrogen and oxygen atoms in total. The van der Waals surface area contributed by atoms with Crippen LogP contribution in [0.5, 0.6) is 0 Å². The van der Waals surface area contributed by atoms with E-state index < -0.39 is 44.3 Å². The average molecular weight is 473 g/mol. The molecule has 0 saturated carbocycles. The van der Waals surface area contributed by atoms with Crippen molar-refractivity contribution in [1.82, 2.24) is 4.90 Å². The van der Waals surface area contributed by atoms with Crippen LogP contribution in [0.1, 0.15) is 38.3 Å². The maximum Gasteiger partial charge on any atom is 0.438 e. The summed E-state index contributed by atoms with van der Waals surface area (Å²) >= 11 is 6.27. The lowest BCUT2D eigenvalue weighted by Gasteiger charge is -2.46. The summed E-state index contributed by atoms with van der Waals surface area (Å²) in [6.07, 6.45) is -4.39. The third-order valence-electron chi connectivity index (χ3n) is 6.17. The second kappa shape index (κ2) is 7.68. The zero-order valence-corrected chi connectivity index (χ0v) is 20.1. The normalized spacial score (nSPS) is 26.6. The standard InChI is InChI=1S/C21H26ClF3N3O2Si/c1-12-15(8-7-13(11-26)16(12)22)28-18(29)27-10-9-14(19(2,3)4)17(27)20(28,21(23,24)25)30-31(5)6/h7-8,14,17H,9-10H2,1-6H3. The number of nitriles is 1. The van der Waals surface area contributed by atoms with E-state index in [2.05, 4.69) is 0 Å². The third kappa shape index (κ3) is 3.53. The molecule has 2 amide bonds. The van der Waals surface area contributed by atoms with E-state index in [1.165, 1.54) is 24.0 Å². The van der Waals surface area contributed by atoms with Gasteiger partial charge in [0.05, 0.1) is 22.3 Å². The Labute approximate surface area is 187 Å². The first-order valence-electron chi connectivity index (χ1n) is 10.0. The van der Waals surface area contributed by atoms with Gasteiger partial charge in [0, 0.05) is 6.54 Å². The van der Waals surface area contributed by atoms with E-state index >= 15 is 13.2 Å². The van der Waals surface area contributed by atoms with Gasteiger partial charge in [-0.05, 0) is 55.5 Å². The summed E-state index contributed by atoms with van der Waals surface area (Å²) in [5.74, 6) is -0.418. The summed E-state index contributed by atoms with van der Waals surface area (Å²) in [5, 5.41) is 9.26. The van der Waals surface area contributed by atoms with Crippen LogP contribution in [0.4, 0.5) is 23.7 Å². The fraction of sp³-hybridized carbons (Fsp3) is 0.619. The minimum atomic E-state index is -4.86. The Morgan fingerprint density at radius 1 is 1.29 bits per heavy atom. The quantitative estimate of drug-likeness (QED) is 0.528. The lowest BCUT2D eigenvalue weighted by molar-refractivity contribution is -0.260. The number of amides is 2. The van der Waals surface area contributed by atoms with E-state index in [-0.39, 0.29) is 28.4 Å². The van der Waals surface area contributed by atoms with Gasteiger partial charge in [0.15, 0.2) is 0 Å². The summed E-state index contributed by atoms with van der Waals surface area (Å²) in [5.41, 5.74) is -2.92. The molecular weight excluding hydrogens is 447 g/mol. The van der Waals surface area contributed by atoms with Crippen molar-refractivity contribution in [1.29, 1.82) is 5.26 Å². The minimum absolute atomic E-state index is 0.0108. The number of benzene rings is 1. The van der Waals surface area contributed by atoms with Crippen molar-refractivity contribution in [3.63, 3.8) is 0 Å². The van der Waals surface area contributed by atoms with E-state index in [0.717, 1.165) is 4.90 Å². The number of nitrogens with zero attached hydrogens (tertiary/aromatic N) is 3. The molecule has 2 fully saturated rings. The highest BCUT2D eigenvalue weighted by Crippen LogP contribution is 2.56. The van der Waals surface area contributed by atoms with Gasteiger partial charge in [-0.3, -0.25) is 4.90 Å². The predicted molar refractivity (Wildman–Crippen MR) is 114 cm³/mol. The third-order valence-corrected chi connectivity index (χ3v) is 7.37. The van der Waals surface area contributed by atoms with Crippen molar-refractivity contribution in [2.45, 2.75) is 65.2 Å². The summed E-state index contributed by atoms with van der Waals surface area (Å²) < 4.78 is 51.0. The van der Waals surface area contributed by atoms with E-state index in [1.807, 2.05) is 26.8 Å². The molecule has 0 aliphatic carbocycles. The topological polar surface area (TPSA) is 56.6 Å². The van der Waals surface area contributed by atoms with Crippen LogP contribution in [-0.2, 0) is 4.43 Å². The van der Waals surface area contributed by atoms with Crippen molar-refractivity contribution >= 4 is 32.4 Å². The first-order valence-corrected chi connectivity index (χ1v) is 12.8. The van der Waals surface area contributed by atoms with Crippen molar-refractivity contribution in [2.75, 3.05) is 11.4 Å². The number of halogens is 4. The van der Waals surface area contributed by atoms with Gasteiger partial charge < -0.3 is 9.33 Å². The molecule has 3 atom stereocenters. The number of hydrogen-bond acceptors (Lipinski definition) is 3. The molecule has 0 N–H and O–H groups in total. The lowest BCUT2D eigenvalue weighted by Crippen LogP contribution is -2.67. The van der Waals surface area contributed by atoms with E-state index in [4.69, 9.17) is 16.0 Å². The number of fused-ring (bicyclic) bond motifs is 1. The van der Waals surface area contributed by atoms with Crippen LogP contribution in [-0.4, -0.2) is 44.5 Å². The van der Waals surface area contributed by atoms with Crippen LogP contribution < -0.4 is 4.90 Å². The molecule has 10 heteroatoms. The van der Waals surface area contributed by atoms with Gasteiger partial charge in [-0.25, -0.2) is 4.79 Å². The van der Waals surface area contributed by atoms with Gasteiger partial charge in [-0.1, -0.05) is 32.4 Å². The fourth-order valence-corrected chi connectivity index (χ4v) is 6.01. The number of rotatable bonds is 3. The lowest BCUT2D eigenvalue weighted by atomic mass is 9.73. The molecule has 1 radical (unpaired) electrons. The molecule has 0 bridgehead atoms. The Morgan fingerprint density at radius 2 is 1.90 bits per heavy atom. The molecule has 2 aliphatic rings. The molecule has 2 aliphatic heterocycles. The molecule has 0 aromatic heterocycles. The van der Waals surface area contributed by atoms with Crippen LogP contribution in [0.15, 0.2) is 12.1 Å². The number of carbonyl (C=O) groups is 1. The molecule has 31 heavy (non-hydrogen) atoms. The minimum Gasteiger partial charge on any atom is -0.386 e. The van der Waals surface area contributed by atoms with Crippen LogP contribution >= 0.6 is 11.6 Å². The van der Waals surface area contributed by atoms with Crippen LogP contribution in [0.25, 0.3) is 0 Å². The highest BCUT2D eigenvalue weighted by atomic mass is 35.5. The van der Waals surface area contributed by atoms with E-state index in [0.29, 0.717) is 6.42 Å². The molecule has 1 aromatic carbocycles. The second-order valence-electron chi connectivity index (χ2n) is 9.40. The number of carbonyl (C=O) groups excluding carboxylic acids is 1. The highest BCUT2D eigenvalue weighted by Gasteiger charge is 2.76. The maximum absolute atomic E-state index is 15.0. The number of alkyl halides is 3. The van der Waals surface area contributed by atoms with Crippen LogP contribution in [0.2, 0.25) is 18.1 Å². The Morgan fingerprint density at radius 3 is 2.39 bits per heavy atom. The number of hydrogen-bond donors (Lipinski definition) is 0. The summed E-state index contributed by atoms with van der Waals surface area (Å²) in [6.45, 7) is 10.7. The first kappa shape index (κ1) is 23.9. The average Bonchev–Trinajstić information content (AvgIpc) is 3.16. The smallest absolute Gasteiger partial charge is 0.386 e. The second-order valence-corrected chi connectivity index (χ2v) is 11.8. The molecule has 3 unspecified atom stereocenters. The largest absolute Gasteiger partial charge is 0.438 e. The Balaban J connectivity index is 2.34. The summed E-state index contributed by atoms with van der Waals surface area (Å²) in [4.78, 5) is 15.5. The molecule has 1 aromatic rings. The molecular formula is C21H26ClF3N3O2Si. The molecule has 169 valence electrons. The van der Waals surface area contributed by atoms with Gasteiger partial charge in [0.2, 0.25) is 9.04 Å². The zero-order valence-electron chi connectivity index (χ0n) is 18.4. The van der Waals surface area contributed by atoms with Crippen LogP contribution in [0, 0.1) is 29.6 Å². The zero-order chi connectivity index (χ0) is 23.5. The van der Waals surface area contributed by atoms with Crippen molar-refractivity contribution in [3.8, 4) is 6.07 Å². The SMILES string of the molecule is Cc1c(N2C(=O)N3CCC(C(C)(C)C)C3C2(O[Si](C)C)C(F)(F)F)ccc(C#N)c1Cl. The Hall–Kier alpha value is -1.76. The summed E-state index contributed by atoms with van der Waals surface area (Å²) in [6, 6.07) is 2.68. The maximum atomic E-state index is 15.0. The monoisotopic (exact) mass is 472 g/mol. The van der Waals surface area contributed by atoms with Gasteiger partial charge in [-0.2, -0.15) is 18.4 Å². The number of anilines is 1. The van der Waals surface area contributed by atoms with Crippen molar-refractivity contribution in [3.05, 3.63) is 28.3 Å². The molecule has 2 heterocycles. The number of urea groups is 1. The molecule has 2 saturated heterocycles. The molecule has 0 spiro atoms. The highest BCUT2D eigenvalue weighted by molar-refractivity contribution is 6.48.